The second-order valence-electron chi connectivity index (χ2n) is 8.11. The molecule has 34 heavy (non-hydrogen) atoms. The predicted molar refractivity (Wildman–Crippen MR) is 126 cm³/mol. The minimum atomic E-state index is -0.650. The molecule has 172 valence electrons. The lowest BCUT2D eigenvalue weighted by molar-refractivity contribution is 0.208. The third-order valence-electron chi connectivity index (χ3n) is 5.82. The second-order valence-corrected chi connectivity index (χ2v) is 8.52. The second kappa shape index (κ2) is 9.21. The van der Waals surface area contributed by atoms with Crippen molar-refractivity contribution in [2.75, 3.05) is 29.9 Å². The number of anilines is 3. The van der Waals surface area contributed by atoms with Crippen molar-refractivity contribution in [3.63, 3.8) is 0 Å². The molecule has 1 fully saturated rings. The lowest BCUT2D eigenvalue weighted by Crippen LogP contribution is -2.37. The Balaban J connectivity index is 1.45. The normalized spacial score (nSPS) is 15.9. The molecule has 0 spiro atoms. The molecule has 9 nitrogen and oxygen atoms in total. The van der Waals surface area contributed by atoms with Gasteiger partial charge in [0, 0.05) is 43.4 Å². The highest BCUT2D eigenvalue weighted by molar-refractivity contribution is 6.32. The summed E-state index contributed by atoms with van der Waals surface area (Å²) in [4.78, 5) is 15.2. The van der Waals surface area contributed by atoms with Crippen LogP contribution >= 0.6 is 11.6 Å². The first-order valence-corrected chi connectivity index (χ1v) is 11.1. The molecule has 1 atom stereocenters. The van der Waals surface area contributed by atoms with E-state index in [4.69, 9.17) is 16.9 Å². The van der Waals surface area contributed by atoms with E-state index >= 15 is 0 Å². The number of aliphatic hydroxyl groups is 1. The van der Waals surface area contributed by atoms with Crippen LogP contribution in [0.5, 0.6) is 0 Å². The number of rotatable bonds is 5. The number of nitrogens with zero attached hydrogens (tertiary/aromatic N) is 7. The van der Waals surface area contributed by atoms with E-state index in [2.05, 4.69) is 30.3 Å². The van der Waals surface area contributed by atoms with Crippen LogP contribution in [-0.4, -0.2) is 49.5 Å². The molecule has 0 radical (unpaired) electrons. The van der Waals surface area contributed by atoms with E-state index in [0.29, 0.717) is 22.5 Å². The van der Waals surface area contributed by atoms with Gasteiger partial charge in [0.25, 0.3) is 0 Å². The summed E-state index contributed by atoms with van der Waals surface area (Å²) in [5, 5.41) is 26.8. The van der Waals surface area contributed by atoms with Crippen LogP contribution in [-0.2, 0) is 0 Å². The number of aromatic nitrogens is 5. The molecular formula is C23H20ClFN8O. The Kier molecular flexibility index (Phi) is 5.96. The fourth-order valence-corrected chi connectivity index (χ4v) is 4.43. The third kappa shape index (κ3) is 4.23. The van der Waals surface area contributed by atoms with Gasteiger partial charge in [0.2, 0.25) is 0 Å². The summed E-state index contributed by atoms with van der Waals surface area (Å²) in [5.41, 5.74) is 0.769. The molecule has 0 saturated carbocycles. The molecule has 2 N–H and O–H groups in total. The minimum absolute atomic E-state index is 0.0562. The average molecular weight is 479 g/mol. The Bertz CT molecular complexity index is 1380. The van der Waals surface area contributed by atoms with Crippen LogP contribution in [0.3, 0.4) is 0 Å². The Morgan fingerprint density at radius 1 is 1.18 bits per heavy atom. The molecule has 4 heterocycles. The molecule has 0 amide bonds. The van der Waals surface area contributed by atoms with E-state index in [1.54, 1.807) is 18.5 Å². The number of nitrogens with one attached hydrogen (secondary N) is 1. The number of halogens is 2. The summed E-state index contributed by atoms with van der Waals surface area (Å²) < 4.78 is 16.1. The lowest BCUT2D eigenvalue weighted by Gasteiger charge is -2.32. The monoisotopic (exact) mass is 478 g/mol. The van der Waals surface area contributed by atoms with Crippen LogP contribution in [0.15, 0.2) is 43.0 Å². The first-order valence-electron chi connectivity index (χ1n) is 10.7. The zero-order valence-corrected chi connectivity index (χ0v) is 18.7. The van der Waals surface area contributed by atoms with E-state index in [-0.39, 0.29) is 28.8 Å². The highest BCUT2D eigenvalue weighted by atomic mass is 35.5. The van der Waals surface area contributed by atoms with Crippen molar-refractivity contribution < 1.29 is 9.50 Å². The number of hydrogen-bond donors (Lipinski definition) is 2. The molecule has 1 aliphatic heterocycles. The van der Waals surface area contributed by atoms with Crippen LogP contribution < -0.4 is 10.2 Å². The van der Waals surface area contributed by atoms with E-state index in [1.807, 2.05) is 12.1 Å². The number of nitriles is 1. The topological polar surface area (TPSA) is 116 Å². The van der Waals surface area contributed by atoms with Crippen LogP contribution in [0.1, 0.15) is 18.4 Å². The molecule has 1 saturated heterocycles. The van der Waals surface area contributed by atoms with Crippen molar-refractivity contribution in [1.82, 2.24) is 24.7 Å². The summed E-state index contributed by atoms with van der Waals surface area (Å²) in [6, 6.07) is 7.97. The zero-order valence-electron chi connectivity index (χ0n) is 18.0. The van der Waals surface area contributed by atoms with E-state index in [9.17, 15) is 9.50 Å². The van der Waals surface area contributed by atoms with Crippen molar-refractivity contribution >= 4 is 40.0 Å². The minimum Gasteiger partial charge on any atom is -0.396 e. The van der Waals surface area contributed by atoms with Crippen LogP contribution in [0, 0.1) is 23.1 Å². The largest absolute Gasteiger partial charge is 0.396 e. The van der Waals surface area contributed by atoms with E-state index in [1.165, 1.54) is 17.1 Å². The van der Waals surface area contributed by atoms with Gasteiger partial charge in [-0.15, -0.1) is 0 Å². The van der Waals surface area contributed by atoms with Crippen molar-refractivity contribution in [3.05, 3.63) is 59.4 Å². The highest BCUT2D eigenvalue weighted by Crippen LogP contribution is 2.29. The van der Waals surface area contributed by atoms with Crippen molar-refractivity contribution in [3.8, 4) is 11.8 Å². The highest BCUT2D eigenvalue weighted by Gasteiger charge is 2.21. The maximum absolute atomic E-state index is 14.7. The van der Waals surface area contributed by atoms with Gasteiger partial charge in [-0.3, -0.25) is 0 Å². The van der Waals surface area contributed by atoms with Gasteiger partial charge in [0.1, 0.15) is 29.5 Å². The molecule has 0 unspecified atom stereocenters. The van der Waals surface area contributed by atoms with Gasteiger partial charge in [0.05, 0.1) is 28.4 Å². The predicted octanol–water partition coefficient (Wildman–Crippen LogP) is 3.83. The Labute approximate surface area is 199 Å². The number of benzene rings is 1. The van der Waals surface area contributed by atoms with Crippen molar-refractivity contribution in [2.45, 2.75) is 12.8 Å². The average Bonchev–Trinajstić information content (AvgIpc) is 3.26. The summed E-state index contributed by atoms with van der Waals surface area (Å²) >= 11 is 6.27. The quantitative estimate of drug-likeness (QED) is 0.444. The Morgan fingerprint density at radius 3 is 2.82 bits per heavy atom. The smallest absolute Gasteiger partial charge is 0.151 e. The zero-order chi connectivity index (χ0) is 23.7. The molecule has 3 aromatic heterocycles. The molecule has 0 bridgehead atoms. The maximum Gasteiger partial charge on any atom is 0.151 e. The van der Waals surface area contributed by atoms with Crippen LogP contribution in [0.4, 0.5) is 21.8 Å². The summed E-state index contributed by atoms with van der Waals surface area (Å²) in [6.45, 7) is 1.77. The van der Waals surface area contributed by atoms with Crippen molar-refractivity contribution in [2.24, 2.45) is 5.92 Å². The van der Waals surface area contributed by atoms with Gasteiger partial charge >= 0.3 is 0 Å². The van der Waals surface area contributed by atoms with Gasteiger partial charge in [0.15, 0.2) is 5.82 Å². The fourth-order valence-electron chi connectivity index (χ4n) is 4.14. The SMILES string of the molecule is N#Cc1cc(F)c(-n2ncc3cnc(Nc4cc(N5CCC[C@@H](CO)C5)ncn4)cc32)c(Cl)c1. The molecule has 1 aliphatic rings. The lowest BCUT2D eigenvalue weighted by atomic mass is 9.99. The molecule has 1 aromatic carbocycles. The summed E-state index contributed by atoms with van der Waals surface area (Å²) in [7, 11) is 0. The maximum atomic E-state index is 14.7. The van der Waals surface area contributed by atoms with Crippen LogP contribution in [0.2, 0.25) is 5.02 Å². The number of pyridine rings is 1. The number of aliphatic hydroxyl groups excluding tert-OH is 1. The molecule has 11 heteroatoms. The van der Waals surface area contributed by atoms with Crippen LogP contribution in [0.25, 0.3) is 16.6 Å². The summed E-state index contributed by atoms with van der Waals surface area (Å²) in [5.74, 6) is 1.39. The first-order chi connectivity index (χ1) is 16.6. The Morgan fingerprint density at radius 2 is 2.03 bits per heavy atom. The standard InChI is InChI=1S/C23H20ClFN8O/c24-17-4-15(8-26)5-18(25)23(17)33-19-6-20(27-9-16(19)10-30-33)31-21-7-22(29-13-28-21)32-3-1-2-14(11-32)12-34/h4-7,9-10,13-14,34H,1-3,11-12H2,(H,27,28,29,31)/t14-/m1/s1. The van der Waals surface area contributed by atoms with Gasteiger partial charge in [-0.2, -0.15) is 10.4 Å². The Hall–Kier alpha value is -3.81. The number of fused-ring (bicyclic) bond motifs is 1. The molecular weight excluding hydrogens is 459 g/mol. The van der Waals surface area contributed by atoms with Gasteiger partial charge < -0.3 is 15.3 Å². The fraction of sp³-hybridized carbons (Fsp3) is 0.261. The van der Waals surface area contributed by atoms with E-state index in [0.717, 1.165) is 37.8 Å². The molecule has 4 aromatic rings. The van der Waals surface area contributed by atoms with Gasteiger partial charge in [-0.25, -0.2) is 24.0 Å². The molecule has 0 aliphatic carbocycles. The third-order valence-corrected chi connectivity index (χ3v) is 6.11. The number of hydrogen-bond acceptors (Lipinski definition) is 8. The van der Waals surface area contributed by atoms with Gasteiger partial charge in [-0.1, -0.05) is 11.6 Å². The first kappa shape index (κ1) is 22.0. The van der Waals surface area contributed by atoms with Crippen molar-refractivity contribution in [1.29, 1.82) is 5.26 Å². The number of piperidine rings is 1. The van der Waals surface area contributed by atoms with E-state index < -0.39 is 5.82 Å². The molecule has 5 rings (SSSR count). The van der Waals surface area contributed by atoms with Gasteiger partial charge in [-0.05, 0) is 30.9 Å². The summed E-state index contributed by atoms with van der Waals surface area (Å²) in [6.07, 6.45) is 6.67.